The largest absolute Gasteiger partial charge is 0.330 e. The Morgan fingerprint density at radius 3 is 2.65 bits per heavy atom. The quantitative estimate of drug-likeness (QED) is 0.760. The topological polar surface area (TPSA) is 66.9 Å². The molecule has 0 spiro atoms. The van der Waals surface area contributed by atoms with Crippen molar-refractivity contribution in [2.24, 2.45) is 0 Å². The molecular weight excluding hydrogens is 326 g/mol. The van der Waals surface area contributed by atoms with Gasteiger partial charge < -0.3 is 10.3 Å². The molecule has 3 aromatic rings. The minimum absolute atomic E-state index is 0.131. The fourth-order valence-corrected chi connectivity index (χ4v) is 3.58. The predicted octanol–water partition coefficient (Wildman–Crippen LogP) is 3.61. The molecule has 2 N–H and O–H groups in total. The number of aryl methyl sites for hydroxylation is 3. The van der Waals surface area contributed by atoms with Crippen molar-refractivity contribution < 1.29 is 4.79 Å². The van der Waals surface area contributed by atoms with E-state index in [9.17, 15) is 9.59 Å². The van der Waals surface area contributed by atoms with Crippen LogP contribution in [0.4, 0.5) is 5.69 Å². The fourth-order valence-electron chi connectivity index (χ4n) is 3.58. The standard InChI is InChI=1S/C21H21N3O2/c1-14-13-22-21(26)24(14)19-8-4-7-18(12-19)23-20(25)17-10-9-15-5-2-3-6-16(15)11-17/h4,7-13H,2-3,5-6H2,1H3,(H,22,26)(H,23,25). The maximum absolute atomic E-state index is 12.6. The zero-order valence-electron chi connectivity index (χ0n) is 14.7. The van der Waals surface area contributed by atoms with Gasteiger partial charge >= 0.3 is 5.69 Å². The highest BCUT2D eigenvalue weighted by molar-refractivity contribution is 6.04. The van der Waals surface area contributed by atoms with Crippen molar-refractivity contribution in [3.05, 3.63) is 81.5 Å². The van der Waals surface area contributed by atoms with Gasteiger partial charge in [0.25, 0.3) is 5.91 Å². The second kappa shape index (κ2) is 6.67. The van der Waals surface area contributed by atoms with E-state index in [0.29, 0.717) is 11.3 Å². The van der Waals surface area contributed by atoms with Crippen LogP contribution in [0.3, 0.4) is 0 Å². The number of nitrogens with one attached hydrogen (secondary N) is 2. The molecule has 0 saturated carbocycles. The molecule has 0 saturated heterocycles. The maximum atomic E-state index is 12.6. The molecule has 0 bridgehead atoms. The van der Waals surface area contributed by atoms with E-state index in [1.54, 1.807) is 16.8 Å². The smallest absolute Gasteiger partial charge is 0.322 e. The summed E-state index contributed by atoms with van der Waals surface area (Å²) in [5.41, 5.74) is 5.32. The lowest BCUT2D eigenvalue weighted by atomic mass is 9.90. The highest BCUT2D eigenvalue weighted by Crippen LogP contribution is 2.23. The van der Waals surface area contributed by atoms with Gasteiger partial charge in [-0.25, -0.2) is 4.79 Å². The number of hydrogen-bond acceptors (Lipinski definition) is 2. The third-order valence-corrected chi connectivity index (χ3v) is 4.93. The number of carbonyl (C=O) groups excluding carboxylic acids is 1. The Hall–Kier alpha value is -3.08. The lowest BCUT2D eigenvalue weighted by Crippen LogP contribution is -2.17. The number of H-pyrrole nitrogens is 1. The first-order chi connectivity index (χ1) is 12.6. The molecule has 132 valence electrons. The van der Waals surface area contributed by atoms with Gasteiger partial charge in [-0.05, 0) is 74.1 Å². The molecule has 0 fully saturated rings. The average Bonchev–Trinajstić information content (AvgIpc) is 3.00. The summed E-state index contributed by atoms with van der Waals surface area (Å²) >= 11 is 0. The van der Waals surface area contributed by atoms with E-state index in [1.165, 1.54) is 24.0 Å². The number of amides is 1. The van der Waals surface area contributed by atoms with Crippen LogP contribution in [0.5, 0.6) is 0 Å². The Bertz CT molecular complexity index is 1030. The van der Waals surface area contributed by atoms with E-state index in [-0.39, 0.29) is 11.6 Å². The minimum atomic E-state index is -0.194. The summed E-state index contributed by atoms with van der Waals surface area (Å²) in [4.78, 5) is 27.3. The summed E-state index contributed by atoms with van der Waals surface area (Å²) in [6, 6.07) is 13.3. The highest BCUT2D eigenvalue weighted by Gasteiger charge is 2.13. The van der Waals surface area contributed by atoms with Gasteiger partial charge in [0.15, 0.2) is 0 Å². The lowest BCUT2D eigenvalue weighted by molar-refractivity contribution is 0.102. The summed E-state index contributed by atoms with van der Waals surface area (Å²) in [7, 11) is 0. The van der Waals surface area contributed by atoms with Gasteiger partial charge in [-0.1, -0.05) is 12.1 Å². The number of anilines is 1. The third-order valence-electron chi connectivity index (χ3n) is 4.93. The fraction of sp³-hybridized carbons (Fsp3) is 0.238. The third kappa shape index (κ3) is 3.08. The first kappa shape index (κ1) is 16.4. The highest BCUT2D eigenvalue weighted by atomic mass is 16.2. The molecule has 1 amide bonds. The summed E-state index contributed by atoms with van der Waals surface area (Å²) in [6.45, 7) is 1.86. The number of fused-ring (bicyclic) bond motifs is 1. The van der Waals surface area contributed by atoms with Crippen molar-refractivity contribution in [1.29, 1.82) is 0 Å². The molecule has 1 aromatic heterocycles. The average molecular weight is 347 g/mol. The Balaban J connectivity index is 1.59. The van der Waals surface area contributed by atoms with Crippen LogP contribution < -0.4 is 11.0 Å². The normalized spacial score (nSPS) is 13.3. The summed E-state index contributed by atoms with van der Waals surface area (Å²) in [6.07, 6.45) is 6.22. The van der Waals surface area contributed by atoms with Crippen molar-refractivity contribution >= 4 is 11.6 Å². The van der Waals surface area contributed by atoms with Gasteiger partial charge in [-0.15, -0.1) is 0 Å². The molecule has 5 nitrogen and oxygen atoms in total. The van der Waals surface area contributed by atoms with E-state index in [4.69, 9.17) is 0 Å². The van der Waals surface area contributed by atoms with Crippen molar-refractivity contribution in [2.45, 2.75) is 32.6 Å². The van der Waals surface area contributed by atoms with E-state index in [2.05, 4.69) is 16.4 Å². The Morgan fingerprint density at radius 2 is 1.88 bits per heavy atom. The SMILES string of the molecule is Cc1c[nH]c(=O)n1-c1cccc(NC(=O)c2ccc3c(c2)CCCC3)c1. The van der Waals surface area contributed by atoms with Gasteiger partial charge in [-0.2, -0.15) is 0 Å². The summed E-state index contributed by atoms with van der Waals surface area (Å²) < 4.78 is 1.58. The van der Waals surface area contributed by atoms with Crippen molar-refractivity contribution in [3.63, 3.8) is 0 Å². The lowest BCUT2D eigenvalue weighted by Gasteiger charge is -2.16. The van der Waals surface area contributed by atoms with Crippen LogP contribution in [0.1, 0.15) is 40.0 Å². The van der Waals surface area contributed by atoms with E-state index in [1.807, 2.05) is 37.3 Å². The number of nitrogens with zero attached hydrogens (tertiary/aromatic N) is 1. The second-order valence-corrected chi connectivity index (χ2v) is 6.77. The van der Waals surface area contributed by atoms with Crippen molar-refractivity contribution in [1.82, 2.24) is 9.55 Å². The number of rotatable bonds is 3. The molecule has 0 unspecified atom stereocenters. The van der Waals surface area contributed by atoms with Crippen LogP contribution in [0.2, 0.25) is 0 Å². The zero-order chi connectivity index (χ0) is 18.1. The van der Waals surface area contributed by atoms with Gasteiger partial charge in [0.05, 0.1) is 5.69 Å². The van der Waals surface area contributed by atoms with Crippen LogP contribution in [0.25, 0.3) is 5.69 Å². The van der Waals surface area contributed by atoms with Gasteiger partial charge in [0, 0.05) is 23.1 Å². The summed E-state index contributed by atoms with van der Waals surface area (Å²) in [5.74, 6) is -0.131. The predicted molar refractivity (Wildman–Crippen MR) is 102 cm³/mol. The molecule has 26 heavy (non-hydrogen) atoms. The number of imidazole rings is 1. The summed E-state index contributed by atoms with van der Waals surface area (Å²) in [5, 5.41) is 2.94. The maximum Gasteiger partial charge on any atom is 0.330 e. The number of benzene rings is 2. The molecule has 2 aromatic carbocycles. The zero-order valence-corrected chi connectivity index (χ0v) is 14.7. The monoisotopic (exact) mass is 347 g/mol. The van der Waals surface area contributed by atoms with Gasteiger partial charge in [0.1, 0.15) is 0 Å². The molecule has 1 aliphatic rings. The number of aromatic nitrogens is 2. The number of carbonyl (C=O) groups is 1. The minimum Gasteiger partial charge on any atom is -0.322 e. The molecular formula is C21H21N3O2. The van der Waals surface area contributed by atoms with Crippen molar-refractivity contribution in [2.75, 3.05) is 5.32 Å². The number of aromatic amines is 1. The van der Waals surface area contributed by atoms with E-state index < -0.39 is 0 Å². The van der Waals surface area contributed by atoms with Crippen LogP contribution in [-0.4, -0.2) is 15.5 Å². The van der Waals surface area contributed by atoms with E-state index in [0.717, 1.165) is 24.2 Å². The molecule has 0 radical (unpaired) electrons. The second-order valence-electron chi connectivity index (χ2n) is 6.77. The Morgan fingerprint density at radius 1 is 1.08 bits per heavy atom. The van der Waals surface area contributed by atoms with Crippen molar-refractivity contribution in [3.8, 4) is 5.69 Å². The van der Waals surface area contributed by atoms with Gasteiger partial charge in [-0.3, -0.25) is 9.36 Å². The molecule has 1 aliphatic carbocycles. The van der Waals surface area contributed by atoms with E-state index >= 15 is 0 Å². The van der Waals surface area contributed by atoms with Crippen LogP contribution in [-0.2, 0) is 12.8 Å². The molecule has 1 heterocycles. The molecule has 5 heteroatoms. The van der Waals surface area contributed by atoms with Crippen LogP contribution in [0.15, 0.2) is 53.5 Å². The number of hydrogen-bond donors (Lipinski definition) is 2. The molecule has 0 aliphatic heterocycles. The first-order valence-corrected chi connectivity index (χ1v) is 8.92. The Labute approximate surface area is 151 Å². The molecule has 0 atom stereocenters. The van der Waals surface area contributed by atoms with Gasteiger partial charge in [0.2, 0.25) is 0 Å². The van der Waals surface area contributed by atoms with Crippen LogP contribution >= 0.6 is 0 Å². The Kier molecular flexibility index (Phi) is 4.21. The molecule has 4 rings (SSSR count). The first-order valence-electron chi connectivity index (χ1n) is 8.92. The van der Waals surface area contributed by atoms with Crippen LogP contribution in [0, 0.1) is 6.92 Å².